The Bertz CT molecular complexity index is 308. The van der Waals surface area contributed by atoms with Crippen LogP contribution in [-0.4, -0.2) is 22.8 Å². The lowest BCUT2D eigenvalue weighted by atomic mass is 10.2. The molecule has 0 atom stereocenters. The van der Waals surface area contributed by atoms with Crippen molar-refractivity contribution in [3.05, 3.63) is 17.8 Å². The molecule has 0 fully saturated rings. The molecule has 2 N–H and O–H groups in total. The van der Waals surface area contributed by atoms with Crippen molar-refractivity contribution < 1.29 is 0 Å². The fourth-order valence-electron chi connectivity index (χ4n) is 1.78. The van der Waals surface area contributed by atoms with Crippen LogP contribution in [0.1, 0.15) is 45.7 Å². The number of nitrogens with zero attached hydrogens (tertiary/aromatic N) is 3. The highest BCUT2D eigenvalue weighted by Crippen LogP contribution is 2.14. The van der Waals surface area contributed by atoms with Gasteiger partial charge in [0, 0.05) is 19.1 Å². The van der Waals surface area contributed by atoms with E-state index in [1.807, 2.05) is 12.1 Å². The first-order valence-corrected chi connectivity index (χ1v) is 6.48. The van der Waals surface area contributed by atoms with Crippen molar-refractivity contribution in [2.24, 2.45) is 5.73 Å². The molecular formula is C13H24N4. The number of aromatic nitrogens is 2. The highest BCUT2D eigenvalue weighted by Gasteiger charge is 2.11. The average molecular weight is 236 g/mol. The molecule has 96 valence electrons. The Kier molecular flexibility index (Phi) is 5.91. The van der Waals surface area contributed by atoms with Crippen LogP contribution in [0.2, 0.25) is 0 Å². The quantitative estimate of drug-likeness (QED) is 0.738. The van der Waals surface area contributed by atoms with Crippen LogP contribution in [0.4, 0.5) is 5.82 Å². The van der Waals surface area contributed by atoms with Gasteiger partial charge in [-0.2, -0.15) is 5.10 Å². The normalized spacial score (nSPS) is 10.9. The zero-order chi connectivity index (χ0) is 12.7. The van der Waals surface area contributed by atoms with Crippen LogP contribution in [0, 0.1) is 0 Å². The molecule has 4 nitrogen and oxygen atoms in total. The van der Waals surface area contributed by atoms with Crippen LogP contribution in [0.25, 0.3) is 0 Å². The van der Waals surface area contributed by atoms with Gasteiger partial charge in [0.05, 0.1) is 5.69 Å². The van der Waals surface area contributed by atoms with E-state index in [4.69, 9.17) is 5.73 Å². The standard InChI is InChI=1S/C13H24N4/c1-4-5-6-9-17(11(2)3)13-8-7-12(10-14)15-16-13/h7-8,11H,4-6,9-10,14H2,1-3H3. The van der Waals surface area contributed by atoms with E-state index in [1.54, 1.807) is 0 Å². The molecule has 0 amide bonds. The predicted molar refractivity (Wildman–Crippen MR) is 71.9 cm³/mol. The molecule has 17 heavy (non-hydrogen) atoms. The molecule has 1 rings (SSSR count). The summed E-state index contributed by atoms with van der Waals surface area (Å²) in [7, 11) is 0. The number of anilines is 1. The number of rotatable bonds is 7. The first kappa shape index (κ1) is 13.9. The van der Waals surface area contributed by atoms with Gasteiger partial charge >= 0.3 is 0 Å². The second-order valence-corrected chi connectivity index (χ2v) is 4.58. The van der Waals surface area contributed by atoms with Crippen LogP contribution < -0.4 is 10.6 Å². The van der Waals surface area contributed by atoms with Crippen molar-refractivity contribution in [2.45, 2.75) is 52.6 Å². The van der Waals surface area contributed by atoms with Gasteiger partial charge in [-0.3, -0.25) is 0 Å². The van der Waals surface area contributed by atoms with Gasteiger partial charge in [0.15, 0.2) is 5.82 Å². The van der Waals surface area contributed by atoms with Gasteiger partial charge in [0.25, 0.3) is 0 Å². The van der Waals surface area contributed by atoms with E-state index in [-0.39, 0.29) is 0 Å². The topological polar surface area (TPSA) is 55.0 Å². The summed E-state index contributed by atoms with van der Waals surface area (Å²) in [5.74, 6) is 0.952. The third kappa shape index (κ3) is 4.30. The summed E-state index contributed by atoms with van der Waals surface area (Å²) in [6.07, 6.45) is 3.70. The van der Waals surface area contributed by atoms with Gasteiger partial charge in [-0.1, -0.05) is 19.8 Å². The van der Waals surface area contributed by atoms with E-state index in [0.29, 0.717) is 12.6 Å². The molecule has 1 aromatic heterocycles. The Hall–Kier alpha value is -1.16. The maximum Gasteiger partial charge on any atom is 0.151 e. The fraction of sp³-hybridized carbons (Fsp3) is 0.692. The van der Waals surface area contributed by atoms with Gasteiger partial charge in [-0.25, -0.2) is 0 Å². The minimum Gasteiger partial charge on any atom is -0.353 e. The molecular weight excluding hydrogens is 212 g/mol. The zero-order valence-corrected chi connectivity index (χ0v) is 11.2. The molecule has 4 heteroatoms. The first-order valence-electron chi connectivity index (χ1n) is 6.48. The number of nitrogens with two attached hydrogens (primary N) is 1. The molecule has 0 bridgehead atoms. The summed E-state index contributed by atoms with van der Waals surface area (Å²) in [6.45, 7) is 8.08. The molecule has 0 saturated carbocycles. The molecule has 0 aliphatic heterocycles. The summed E-state index contributed by atoms with van der Waals surface area (Å²) in [5, 5.41) is 8.36. The van der Waals surface area contributed by atoms with E-state index in [2.05, 4.69) is 35.9 Å². The third-order valence-electron chi connectivity index (χ3n) is 2.84. The third-order valence-corrected chi connectivity index (χ3v) is 2.84. The van der Waals surface area contributed by atoms with Crippen molar-refractivity contribution in [2.75, 3.05) is 11.4 Å². The van der Waals surface area contributed by atoms with Crippen LogP contribution in [0.15, 0.2) is 12.1 Å². The van der Waals surface area contributed by atoms with Crippen LogP contribution >= 0.6 is 0 Å². The van der Waals surface area contributed by atoms with E-state index in [1.165, 1.54) is 19.3 Å². The van der Waals surface area contributed by atoms with E-state index in [0.717, 1.165) is 18.1 Å². The minimum atomic E-state index is 0.449. The molecule has 0 saturated heterocycles. The van der Waals surface area contributed by atoms with Gasteiger partial charge in [0.1, 0.15) is 0 Å². The Balaban J connectivity index is 2.68. The largest absolute Gasteiger partial charge is 0.353 e. The summed E-state index contributed by atoms with van der Waals surface area (Å²) in [4.78, 5) is 2.29. The van der Waals surface area contributed by atoms with Crippen LogP contribution in [0.5, 0.6) is 0 Å². The van der Waals surface area contributed by atoms with Gasteiger partial charge in [0.2, 0.25) is 0 Å². The monoisotopic (exact) mass is 236 g/mol. The van der Waals surface area contributed by atoms with E-state index < -0.39 is 0 Å². The summed E-state index contributed by atoms with van der Waals surface area (Å²) >= 11 is 0. The van der Waals surface area contributed by atoms with Crippen LogP contribution in [-0.2, 0) is 6.54 Å². The van der Waals surface area contributed by atoms with Crippen molar-refractivity contribution >= 4 is 5.82 Å². The van der Waals surface area contributed by atoms with Gasteiger partial charge < -0.3 is 10.6 Å². The molecule has 0 radical (unpaired) electrons. The minimum absolute atomic E-state index is 0.449. The lowest BCUT2D eigenvalue weighted by Gasteiger charge is -2.27. The van der Waals surface area contributed by atoms with Crippen molar-refractivity contribution in [3.8, 4) is 0 Å². The van der Waals surface area contributed by atoms with Crippen molar-refractivity contribution in [3.63, 3.8) is 0 Å². The lowest BCUT2D eigenvalue weighted by Crippen LogP contribution is -2.32. The maximum atomic E-state index is 5.52. The summed E-state index contributed by atoms with van der Waals surface area (Å²) < 4.78 is 0. The van der Waals surface area contributed by atoms with E-state index in [9.17, 15) is 0 Å². The molecule has 0 unspecified atom stereocenters. The van der Waals surface area contributed by atoms with Gasteiger partial charge in [-0.15, -0.1) is 5.10 Å². The lowest BCUT2D eigenvalue weighted by molar-refractivity contribution is 0.615. The SMILES string of the molecule is CCCCCN(c1ccc(CN)nn1)C(C)C. The molecule has 0 aliphatic carbocycles. The molecule has 0 aromatic carbocycles. The molecule has 1 aromatic rings. The average Bonchev–Trinajstić information content (AvgIpc) is 2.34. The predicted octanol–water partition coefficient (Wildman–Crippen LogP) is 2.34. The highest BCUT2D eigenvalue weighted by molar-refractivity contribution is 5.38. The van der Waals surface area contributed by atoms with Crippen molar-refractivity contribution in [1.29, 1.82) is 0 Å². The van der Waals surface area contributed by atoms with Gasteiger partial charge in [-0.05, 0) is 32.4 Å². The van der Waals surface area contributed by atoms with E-state index >= 15 is 0 Å². The summed E-state index contributed by atoms with van der Waals surface area (Å²) in [6, 6.07) is 4.42. The second kappa shape index (κ2) is 7.22. The number of hydrogen-bond acceptors (Lipinski definition) is 4. The smallest absolute Gasteiger partial charge is 0.151 e. The first-order chi connectivity index (χ1) is 8.19. The van der Waals surface area contributed by atoms with Crippen molar-refractivity contribution in [1.82, 2.24) is 10.2 Å². The Morgan fingerprint density at radius 1 is 1.24 bits per heavy atom. The zero-order valence-electron chi connectivity index (χ0n) is 11.2. The Labute approximate surface area is 104 Å². The second-order valence-electron chi connectivity index (χ2n) is 4.58. The fourth-order valence-corrected chi connectivity index (χ4v) is 1.78. The Morgan fingerprint density at radius 3 is 2.47 bits per heavy atom. The number of hydrogen-bond donors (Lipinski definition) is 1. The molecule has 1 heterocycles. The highest BCUT2D eigenvalue weighted by atomic mass is 15.3. The maximum absolute atomic E-state index is 5.52. The summed E-state index contributed by atoms with van der Waals surface area (Å²) in [5.41, 5.74) is 6.36. The molecule has 0 spiro atoms. The van der Waals surface area contributed by atoms with Crippen LogP contribution in [0.3, 0.4) is 0 Å². The molecule has 0 aliphatic rings. The number of unbranched alkanes of at least 4 members (excludes halogenated alkanes) is 2. The Morgan fingerprint density at radius 2 is 2.00 bits per heavy atom.